The summed E-state index contributed by atoms with van der Waals surface area (Å²) in [5.41, 5.74) is 7.11. The number of fused-ring (bicyclic) bond motifs is 1. The summed E-state index contributed by atoms with van der Waals surface area (Å²) in [6, 6.07) is 7.86. The van der Waals surface area contributed by atoms with Crippen molar-refractivity contribution in [2.75, 3.05) is 18.8 Å². The van der Waals surface area contributed by atoms with Crippen molar-refractivity contribution in [3.63, 3.8) is 0 Å². The molecule has 0 saturated carbocycles. The number of likely N-dealkylation sites (tertiary alicyclic amines) is 2. The second-order valence-corrected chi connectivity index (χ2v) is 9.25. The van der Waals surface area contributed by atoms with Crippen LogP contribution in [0.2, 0.25) is 0 Å². The van der Waals surface area contributed by atoms with Gasteiger partial charge in [0.1, 0.15) is 12.1 Å². The third-order valence-corrected chi connectivity index (χ3v) is 6.38. The lowest BCUT2D eigenvalue weighted by atomic mass is 10.0. The Morgan fingerprint density at radius 3 is 2.38 bits per heavy atom. The number of nitrogen functional groups attached to an aromatic ring is 1. The van der Waals surface area contributed by atoms with E-state index in [4.69, 9.17) is 5.73 Å². The maximum Gasteiger partial charge on any atom is 0.254 e. The number of aromatic nitrogens is 1. The molecular formula is C25H29N5O4. The van der Waals surface area contributed by atoms with Crippen molar-refractivity contribution in [3.8, 4) is 0 Å². The first kappa shape index (κ1) is 23.4. The first-order chi connectivity index (χ1) is 16.3. The molecule has 0 aliphatic carbocycles. The summed E-state index contributed by atoms with van der Waals surface area (Å²) in [6.45, 7) is 4.26. The van der Waals surface area contributed by atoms with Gasteiger partial charge in [-0.15, -0.1) is 0 Å². The fourth-order valence-electron chi connectivity index (χ4n) is 4.77. The van der Waals surface area contributed by atoms with E-state index in [9.17, 15) is 19.2 Å². The van der Waals surface area contributed by atoms with Gasteiger partial charge in [-0.05, 0) is 55.2 Å². The molecule has 4 rings (SSSR count). The van der Waals surface area contributed by atoms with Crippen LogP contribution in [0.25, 0.3) is 0 Å². The average Bonchev–Trinajstić information content (AvgIpc) is 3.39. The number of nitrogens with two attached hydrogens (primary N) is 1. The lowest BCUT2D eigenvalue weighted by Crippen LogP contribution is -2.53. The standard InChI is InChI=1S/C25H29N5O4/c1-15(2)13-19(28-23(32)16-3-5-18(26)6-4-16)25(34)29-12-9-20-22(29)21(31)14-30(20)24(33)17-7-10-27-11-8-17/h3-8,10-11,15,19-20,22H,9,12-14,26H2,1-2H3,(H,28,32). The van der Waals surface area contributed by atoms with Gasteiger partial charge in [-0.25, -0.2) is 0 Å². The first-order valence-electron chi connectivity index (χ1n) is 11.5. The van der Waals surface area contributed by atoms with E-state index in [1.165, 1.54) is 12.4 Å². The molecule has 2 aliphatic rings. The Bertz CT molecular complexity index is 1090. The van der Waals surface area contributed by atoms with Crippen LogP contribution in [0.3, 0.4) is 0 Å². The number of hydrogen-bond acceptors (Lipinski definition) is 6. The maximum atomic E-state index is 13.6. The SMILES string of the molecule is CC(C)CC(NC(=O)c1ccc(N)cc1)C(=O)N1CCC2C1C(=O)CN2C(=O)c1ccncc1. The minimum absolute atomic E-state index is 0.0348. The van der Waals surface area contributed by atoms with Crippen LogP contribution in [0.5, 0.6) is 0 Å². The highest BCUT2D eigenvalue weighted by Gasteiger charge is 2.52. The molecule has 1 aromatic heterocycles. The number of hydrogen-bond donors (Lipinski definition) is 2. The van der Waals surface area contributed by atoms with Crippen molar-refractivity contribution in [1.82, 2.24) is 20.1 Å². The summed E-state index contributed by atoms with van der Waals surface area (Å²) in [6.07, 6.45) is 4.02. The van der Waals surface area contributed by atoms with Gasteiger partial charge in [-0.3, -0.25) is 24.2 Å². The minimum Gasteiger partial charge on any atom is -0.399 e. The number of amides is 3. The van der Waals surface area contributed by atoms with E-state index in [1.54, 1.807) is 46.2 Å². The molecule has 2 aromatic rings. The van der Waals surface area contributed by atoms with E-state index < -0.39 is 12.1 Å². The predicted octanol–water partition coefficient (Wildman–Crippen LogP) is 1.50. The number of Topliss-reactive ketones (excluding diaryl/α,β-unsaturated/α-hetero) is 1. The molecule has 2 fully saturated rings. The molecule has 3 N–H and O–H groups in total. The number of nitrogens with zero attached hydrogens (tertiary/aromatic N) is 3. The largest absolute Gasteiger partial charge is 0.399 e. The van der Waals surface area contributed by atoms with E-state index in [-0.39, 0.29) is 42.0 Å². The molecule has 0 spiro atoms. The Labute approximate surface area is 198 Å². The topological polar surface area (TPSA) is 126 Å². The van der Waals surface area contributed by atoms with Gasteiger partial charge in [0.05, 0.1) is 12.6 Å². The number of carbonyl (C=O) groups excluding carboxylic acids is 4. The molecule has 178 valence electrons. The normalized spacial score (nSPS) is 20.4. The van der Waals surface area contributed by atoms with Gasteiger partial charge >= 0.3 is 0 Å². The van der Waals surface area contributed by atoms with Crippen LogP contribution in [0.1, 0.15) is 47.4 Å². The second-order valence-electron chi connectivity index (χ2n) is 9.25. The quantitative estimate of drug-likeness (QED) is 0.626. The number of nitrogens with one attached hydrogen (secondary N) is 1. The third kappa shape index (κ3) is 4.64. The summed E-state index contributed by atoms with van der Waals surface area (Å²) in [4.78, 5) is 59.3. The van der Waals surface area contributed by atoms with Gasteiger partial charge in [0.25, 0.3) is 11.8 Å². The van der Waals surface area contributed by atoms with Gasteiger partial charge in [0.2, 0.25) is 5.91 Å². The van der Waals surface area contributed by atoms with Crippen LogP contribution in [-0.2, 0) is 9.59 Å². The second kappa shape index (κ2) is 9.62. The summed E-state index contributed by atoms with van der Waals surface area (Å²) < 4.78 is 0. The fraction of sp³-hybridized carbons (Fsp3) is 0.400. The van der Waals surface area contributed by atoms with Gasteiger partial charge < -0.3 is 20.9 Å². The highest BCUT2D eigenvalue weighted by atomic mass is 16.2. The Morgan fingerprint density at radius 2 is 1.74 bits per heavy atom. The lowest BCUT2D eigenvalue weighted by molar-refractivity contribution is -0.138. The number of anilines is 1. The highest BCUT2D eigenvalue weighted by molar-refractivity contribution is 6.03. The van der Waals surface area contributed by atoms with Crippen molar-refractivity contribution in [2.45, 2.75) is 44.8 Å². The number of rotatable bonds is 6. The zero-order chi connectivity index (χ0) is 24.4. The van der Waals surface area contributed by atoms with E-state index in [1.807, 2.05) is 13.8 Å². The van der Waals surface area contributed by atoms with Crippen molar-refractivity contribution >= 4 is 29.2 Å². The van der Waals surface area contributed by atoms with Crippen molar-refractivity contribution < 1.29 is 19.2 Å². The highest BCUT2D eigenvalue weighted by Crippen LogP contribution is 2.31. The van der Waals surface area contributed by atoms with Crippen LogP contribution in [-0.4, -0.2) is 69.5 Å². The van der Waals surface area contributed by atoms with Crippen LogP contribution in [0.4, 0.5) is 5.69 Å². The number of pyridine rings is 1. The monoisotopic (exact) mass is 463 g/mol. The Hall–Kier alpha value is -3.75. The smallest absolute Gasteiger partial charge is 0.254 e. The van der Waals surface area contributed by atoms with E-state index >= 15 is 0 Å². The molecule has 9 nitrogen and oxygen atoms in total. The van der Waals surface area contributed by atoms with Crippen LogP contribution >= 0.6 is 0 Å². The predicted molar refractivity (Wildman–Crippen MR) is 126 cm³/mol. The Balaban J connectivity index is 1.51. The van der Waals surface area contributed by atoms with Crippen molar-refractivity contribution in [3.05, 3.63) is 59.9 Å². The summed E-state index contributed by atoms with van der Waals surface area (Å²) in [5, 5.41) is 2.85. The molecule has 2 saturated heterocycles. The van der Waals surface area contributed by atoms with Crippen molar-refractivity contribution in [1.29, 1.82) is 0 Å². The van der Waals surface area contributed by atoms with Crippen LogP contribution < -0.4 is 11.1 Å². The van der Waals surface area contributed by atoms with Gasteiger partial charge in [0, 0.05) is 35.8 Å². The molecule has 3 heterocycles. The number of benzene rings is 1. The first-order valence-corrected chi connectivity index (χ1v) is 11.5. The molecule has 3 amide bonds. The molecule has 0 radical (unpaired) electrons. The maximum absolute atomic E-state index is 13.6. The minimum atomic E-state index is -0.776. The molecule has 0 bridgehead atoms. The molecule has 2 aliphatic heterocycles. The zero-order valence-electron chi connectivity index (χ0n) is 19.3. The summed E-state index contributed by atoms with van der Waals surface area (Å²) in [5.74, 6) is -0.930. The van der Waals surface area contributed by atoms with Gasteiger partial charge in [0.15, 0.2) is 5.78 Å². The molecule has 3 atom stereocenters. The Morgan fingerprint density at radius 1 is 1.06 bits per heavy atom. The third-order valence-electron chi connectivity index (χ3n) is 6.38. The summed E-state index contributed by atoms with van der Waals surface area (Å²) >= 11 is 0. The Kier molecular flexibility index (Phi) is 6.63. The number of carbonyl (C=O) groups is 4. The van der Waals surface area contributed by atoms with E-state index in [0.717, 1.165) is 0 Å². The fourth-order valence-corrected chi connectivity index (χ4v) is 4.77. The van der Waals surface area contributed by atoms with Crippen LogP contribution in [0.15, 0.2) is 48.8 Å². The molecular weight excluding hydrogens is 434 g/mol. The van der Waals surface area contributed by atoms with Crippen molar-refractivity contribution in [2.24, 2.45) is 5.92 Å². The number of ketones is 1. The lowest BCUT2D eigenvalue weighted by Gasteiger charge is -2.29. The van der Waals surface area contributed by atoms with E-state index in [2.05, 4.69) is 10.3 Å². The molecule has 9 heteroatoms. The summed E-state index contributed by atoms with van der Waals surface area (Å²) in [7, 11) is 0. The van der Waals surface area contributed by atoms with E-state index in [0.29, 0.717) is 36.2 Å². The molecule has 34 heavy (non-hydrogen) atoms. The molecule has 1 aromatic carbocycles. The zero-order valence-corrected chi connectivity index (χ0v) is 19.3. The molecule has 3 unspecified atom stereocenters. The van der Waals surface area contributed by atoms with Gasteiger partial charge in [-0.1, -0.05) is 13.8 Å². The van der Waals surface area contributed by atoms with Crippen LogP contribution in [0, 0.1) is 5.92 Å². The van der Waals surface area contributed by atoms with Gasteiger partial charge in [-0.2, -0.15) is 0 Å². The average molecular weight is 464 g/mol.